The summed E-state index contributed by atoms with van der Waals surface area (Å²) >= 11 is 0. The van der Waals surface area contributed by atoms with Crippen molar-refractivity contribution in [3.8, 4) is 0 Å². The number of para-hydroxylation sites is 1. The standard InChI is InChI=1S/C13H8F10N2O2/c14-7-8(26)25(6-4-2-1-3-5-6)24-9(7,27)10(15,16)11(17,18)12(19,20)13(21,22)23/h1-5,7,24,27H/t7?,9-/m1/s1. The van der Waals surface area contributed by atoms with Crippen LogP contribution in [0.1, 0.15) is 0 Å². The highest BCUT2D eigenvalue weighted by atomic mass is 19.4. The first-order chi connectivity index (χ1) is 12.0. The number of rotatable bonds is 4. The van der Waals surface area contributed by atoms with Gasteiger partial charge in [-0.1, -0.05) is 18.2 Å². The number of hydrogen-bond acceptors (Lipinski definition) is 3. The van der Waals surface area contributed by atoms with E-state index in [0.717, 1.165) is 17.6 Å². The Balaban J connectivity index is 2.53. The molecule has 2 rings (SSSR count). The molecule has 0 saturated carbocycles. The van der Waals surface area contributed by atoms with E-state index in [4.69, 9.17) is 0 Å². The van der Waals surface area contributed by atoms with Gasteiger partial charge in [0.25, 0.3) is 5.91 Å². The van der Waals surface area contributed by atoms with Crippen LogP contribution in [0, 0.1) is 0 Å². The van der Waals surface area contributed by atoms with E-state index in [1.54, 1.807) is 0 Å². The van der Waals surface area contributed by atoms with E-state index in [2.05, 4.69) is 0 Å². The lowest BCUT2D eigenvalue weighted by molar-refractivity contribution is -0.420. The lowest BCUT2D eigenvalue weighted by Crippen LogP contribution is -2.74. The second kappa shape index (κ2) is 5.95. The van der Waals surface area contributed by atoms with Crippen molar-refractivity contribution in [1.29, 1.82) is 0 Å². The zero-order chi connectivity index (χ0) is 21.1. The van der Waals surface area contributed by atoms with Crippen LogP contribution >= 0.6 is 0 Å². The van der Waals surface area contributed by atoms with Crippen molar-refractivity contribution in [2.45, 2.75) is 35.8 Å². The molecule has 1 aliphatic rings. The molecule has 27 heavy (non-hydrogen) atoms. The van der Waals surface area contributed by atoms with E-state index in [-0.39, 0.29) is 5.01 Å². The van der Waals surface area contributed by atoms with Crippen molar-refractivity contribution < 1.29 is 53.8 Å². The molecule has 1 aromatic carbocycles. The second-order valence-electron chi connectivity index (χ2n) is 5.47. The first-order valence-electron chi connectivity index (χ1n) is 6.76. The van der Waals surface area contributed by atoms with Crippen LogP contribution in [0.15, 0.2) is 30.3 Å². The molecular formula is C13H8F10N2O2. The number of nitrogens with one attached hydrogen (secondary N) is 1. The zero-order valence-corrected chi connectivity index (χ0v) is 12.5. The number of halogens is 10. The Labute approximate surface area is 143 Å². The Kier molecular flexibility index (Phi) is 4.68. The van der Waals surface area contributed by atoms with Crippen LogP contribution in [0.25, 0.3) is 0 Å². The normalized spacial score (nSPS) is 25.2. The molecule has 1 aromatic rings. The largest absolute Gasteiger partial charge is 0.460 e. The van der Waals surface area contributed by atoms with Crippen LogP contribution in [0.4, 0.5) is 49.6 Å². The zero-order valence-electron chi connectivity index (χ0n) is 12.5. The van der Waals surface area contributed by atoms with E-state index >= 15 is 0 Å². The summed E-state index contributed by atoms with van der Waals surface area (Å²) in [5, 5.41) is 9.37. The van der Waals surface area contributed by atoms with E-state index in [9.17, 15) is 53.8 Å². The number of amides is 1. The third-order valence-corrected chi connectivity index (χ3v) is 3.72. The Morgan fingerprint density at radius 2 is 1.41 bits per heavy atom. The van der Waals surface area contributed by atoms with Gasteiger partial charge in [-0.25, -0.2) is 9.40 Å². The number of alkyl halides is 10. The van der Waals surface area contributed by atoms with E-state index in [1.807, 2.05) is 0 Å². The third-order valence-electron chi connectivity index (χ3n) is 3.72. The number of hydrogen-bond donors (Lipinski definition) is 2. The number of aliphatic hydroxyl groups is 1. The molecular weight excluding hydrogens is 406 g/mol. The molecule has 14 heteroatoms. The summed E-state index contributed by atoms with van der Waals surface area (Å²) < 4.78 is 131. The van der Waals surface area contributed by atoms with Gasteiger partial charge in [-0.3, -0.25) is 4.79 Å². The maximum atomic E-state index is 14.0. The Hall–Kier alpha value is -2.09. The lowest BCUT2D eigenvalue weighted by Gasteiger charge is -2.40. The summed E-state index contributed by atoms with van der Waals surface area (Å²) in [4.78, 5) is 11.7. The maximum Gasteiger partial charge on any atom is 0.460 e. The van der Waals surface area contributed by atoms with Crippen LogP contribution in [0.2, 0.25) is 0 Å². The van der Waals surface area contributed by atoms with Gasteiger partial charge in [0.15, 0.2) is 0 Å². The van der Waals surface area contributed by atoms with Gasteiger partial charge in [0.1, 0.15) is 0 Å². The quantitative estimate of drug-likeness (QED) is 0.745. The van der Waals surface area contributed by atoms with E-state index in [0.29, 0.717) is 0 Å². The highest BCUT2D eigenvalue weighted by Gasteiger charge is 2.88. The predicted molar refractivity (Wildman–Crippen MR) is 67.8 cm³/mol. The number of hydrazine groups is 1. The van der Waals surface area contributed by atoms with Gasteiger partial charge in [-0.2, -0.15) is 44.9 Å². The average Bonchev–Trinajstić information content (AvgIpc) is 2.80. The van der Waals surface area contributed by atoms with Crippen molar-refractivity contribution in [2.24, 2.45) is 0 Å². The van der Waals surface area contributed by atoms with Crippen LogP contribution in [-0.2, 0) is 4.79 Å². The third kappa shape index (κ3) is 2.72. The van der Waals surface area contributed by atoms with Gasteiger partial charge < -0.3 is 5.11 Å². The van der Waals surface area contributed by atoms with Crippen LogP contribution in [0.3, 0.4) is 0 Å². The Morgan fingerprint density at radius 1 is 0.926 bits per heavy atom. The van der Waals surface area contributed by atoms with Crippen molar-refractivity contribution in [1.82, 2.24) is 5.43 Å². The summed E-state index contributed by atoms with van der Waals surface area (Å²) in [7, 11) is 0. The molecule has 1 saturated heterocycles. The van der Waals surface area contributed by atoms with Crippen molar-refractivity contribution in [2.75, 3.05) is 5.01 Å². The molecule has 0 bridgehead atoms. The SMILES string of the molecule is O=C1C(F)[C@@](O)(C(F)(F)C(F)(F)C(F)(F)C(F)(F)F)NN1c1ccccc1. The predicted octanol–water partition coefficient (Wildman–Crippen LogP) is 3.03. The second-order valence-corrected chi connectivity index (χ2v) is 5.47. The Bertz CT molecular complexity index is 724. The molecule has 0 aliphatic carbocycles. The van der Waals surface area contributed by atoms with Gasteiger partial charge in [-0.15, -0.1) is 0 Å². The summed E-state index contributed by atoms with van der Waals surface area (Å²) in [6, 6.07) is 5.56. The topological polar surface area (TPSA) is 52.6 Å². The number of carbonyl (C=O) groups is 1. The first-order valence-corrected chi connectivity index (χ1v) is 6.76. The van der Waals surface area contributed by atoms with Crippen molar-refractivity contribution in [3.63, 3.8) is 0 Å². The average molecular weight is 414 g/mol. The van der Waals surface area contributed by atoms with Gasteiger partial charge in [0.05, 0.1) is 5.69 Å². The lowest BCUT2D eigenvalue weighted by atomic mass is 9.91. The molecule has 1 unspecified atom stereocenters. The number of benzene rings is 1. The molecule has 0 radical (unpaired) electrons. The summed E-state index contributed by atoms with van der Waals surface area (Å²) in [6.45, 7) is 0. The first kappa shape index (κ1) is 21.2. The number of nitrogens with zero attached hydrogens (tertiary/aromatic N) is 1. The minimum Gasteiger partial charge on any atom is -0.366 e. The highest BCUT2D eigenvalue weighted by molar-refractivity contribution is 5.99. The molecule has 1 fully saturated rings. The fourth-order valence-electron chi connectivity index (χ4n) is 2.19. The minimum absolute atomic E-state index is 0.208. The monoisotopic (exact) mass is 414 g/mol. The van der Waals surface area contributed by atoms with Crippen molar-refractivity contribution >= 4 is 11.6 Å². The summed E-state index contributed by atoms with van der Waals surface area (Å²) in [5.74, 6) is -23.6. The van der Waals surface area contributed by atoms with E-state index in [1.165, 1.54) is 18.2 Å². The van der Waals surface area contributed by atoms with Gasteiger partial charge in [-0.05, 0) is 12.1 Å². The Morgan fingerprint density at radius 3 is 1.85 bits per heavy atom. The van der Waals surface area contributed by atoms with Gasteiger partial charge in [0, 0.05) is 0 Å². The van der Waals surface area contributed by atoms with Crippen LogP contribution in [-0.4, -0.2) is 46.9 Å². The summed E-state index contributed by atoms with van der Waals surface area (Å²) in [6.07, 6.45) is -11.2. The van der Waals surface area contributed by atoms with Gasteiger partial charge >= 0.3 is 23.9 Å². The summed E-state index contributed by atoms with van der Waals surface area (Å²) in [5.41, 5.74) is -4.70. The maximum absolute atomic E-state index is 14.0. The fourth-order valence-corrected chi connectivity index (χ4v) is 2.19. The molecule has 152 valence electrons. The molecule has 2 atom stereocenters. The number of carbonyl (C=O) groups excluding carboxylic acids is 1. The van der Waals surface area contributed by atoms with E-state index < -0.39 is 47.4 Å². The fraction of sp³-hybridized carbons (Fsp3) is 0.462. The van der Waals surface area contributed by atoms with Gasteiger partial charge in [0.2, 0.25) is 11.9 Å². The molecule has 1 aliphatic heterocycles. The highest BCUT2D eigenvalue weighted by Crippen LogP contribution is 2.57. The molecule has 0 aromatic heterocycles. The smallest absolute Gasteiger partial charge is 0.366 e. The molecule has 1 heterocycles. The van der Waals surface area contributed by atoms with Crippen molar-refractivity contribution in [3.05, 3.63) is 30.3 Å². The van der Waals surface area contributed by atoms with Crippen LogP contribution in [0.5, 0.6) is 0 Å². The molecule has 4 nitrogen and oxygen atoms in total. The van der Waals surface area contributed by atoms with Crippen LogP contribution < -0.4 is 10.4 Å². The molecule has 2 N–H and O–H groups in total. The minimum atomic E-state index is -7.36. The molecule has 1 amide bonds. The molecule has 0 spiro atoms. The number of anilines is 1.